The molecule has 0 unspecified atom stereocenters. The number of hydrogen-bond acceptors (Lipinski definition) is 3. The third-order valence-corrected chi connectivity index (χ3v) is 6.29. The maximum atomic E-state index is 12.5. The molecule has 1 aromatic carbocycles. The van der Waals surface area contributed by atoms with E-state index in [0.717, 1.165) is 18.6 Å². The van der Waals surface area contributed by atoms with Crippen LogP contribution in [0.2, 0.25) is 0 Å². The molecule has 1 aromatic rings. The number of carbonyl (C=O) groups excluding carboxylic acids is 2. The SMILES string of the molecule is Cc1ccc(SCCNC(=O)[C@@H]2CCC(=O)N(C3CCCC3)C2)cc1. The zero-order chi connectivity index (χ0) is 17.6. The smallest absolute Gasteiger partial charge is 0.224 e. The predicted molar refractivity (Wildman–Crippen MR) is 102 cm³/mol. The molecule has 4 nitrogen and oxygen atoms in total. The van der Waals surface area contributed by atoms with E-state index in [2.05, 4.69) is 36.5 Å². The molecule has 5 heteroatoms. The highest BCUT2D eigenvalue weighted by Crippen LogP contribution is 2.28. The van der Waals surface area contributed by atoms with E-state index in [-0.39, 0.29) is 17.7 Å². The summed E-state index contributed by atoms with van der Waals surface area (Å²) in [5.41, 5.74) is 1.26. The van der Waals surface area contributed by atoms with E-state index in [0.29, 0.717) is 32.0 Å². The monoisotopic (exact) mass is 360 g/mol. The van der Waals surface area contributed by atoms with Gasteiger partial charge in [0.2, 0.25) is 11.8 Å². The number of nitrogens with zero attached hydrogens (tertiary/aromatic N) is 1. The Kier molecular flexibility index (Phi) is 6.40. The number of carbonyl (C=O) groups is 2. The minimum absolute atomic E-state index is 0.0392. The molecule has 1 aliphatic heterocycles. The van der Waals surface area contributed by atoms with Gasteiger partial charge in [0.15, 0.2) is 0 Å². The van der Waals surface area contributed by atoms with Crippen molar-refractivity contribution in [2.24, 2.45) is 5.92 Å². The van der Waals surface area contributed by atoms with Crippen LogP contribution in [-0.4, -0.2) is 41.6 Å². The number of piperidine rings is 1. The fourth-order valence-electron chi connectivity index (χ4n) is 3.78. The standard InChI is InChI=1S/C20H28N2O2S/c1-15-6-9-18(10-7-15)25-13-12-21-20(24)16-8-11-19(23)22(14-16)17-4-2-3-5-17/h6-7,9-10,16-17H,2-5,8,11-14H2,1H3,(H,21,24)/t16-/m1/s1. The van der Waals surface area contributed by atoms with Crippen LogP contribution in [0.15, 0.2) is 29.2 Å². The Morgan fingerprint density at radius 3 is 2.64 bits per heavy atom. The van der Waals surface area contributed by atoms with Gasteiger partial charge in [-0.3, -0.25) is 9.59 Å². The van der Waals surface area contributed by atoms with Crippen molar-refractivity contribution in [1.82, 2.24) is 10.2 Å². The van der Waals surface area contributed by atoms with Gasteiger partial charge in [0.05, 0.1) is 5.92 Å². The van der Waals surface area contributed by atoms with E-state index in [1.165, 1.54) is 23.3 Å². The number of hydrogen-bond donors (Lipinski definition) is 1. The fraction of sp³-hybridized carbons (Fsp3) is 0.600. The number of thioether (sulfide) groups is 1. The molecule has 0 aromatic heterocycles. The van der Waals surface area contributed by atoms with E-state index in [9.17, 15) is 9.59 Å². The van der Waals surface area contributed by atoms with Crippen LogP contribution >= 0.6 is 11.8 Å². The number of aryl methyl sites for hydroxylation is 1. The van der Waals surface area contributed by atoms with Crippen molar-refractivity contribution in [3.8, 4) is 0 Å². The molecule has 0 spiro atoms. The third kappa shape index (κ3) is 5.00. The van der Waals surface area contributed by atoms with Crippen molar-refractivity contribution in [2.45, 2.75) is 56.4 Å². The zero-order valence-corrected chi connectivity index (χ0v) is 15.8. The Morgan fingerprint density at radius 2 is 1.92 bits per heavy atom. The van der Waals surface area contributed by atoms with Crippen LogP contribution < -0.4 is 5.32 Å². The predicted octanol–water partition coefficient (Wildman–Crippen LogP) is 3.38. The first kappa shape index (κ1) is 18.3. The highest BCUT2D eigenvalue weighted by molar-refractivity contribution is 7.99. The normalized spacial score (nSPS) is 21.6. The fourth-order valence-corrected chi connectivity index (χ4v) is 4.54. The van der Waals surface area contributed by atoms with E-state index in [1.54, 1.807) is 11.8 Å². The molecule has 0 bridgehead atoms. The summed E-state index contributed by atoms with van der Waals surface area (Å²) in [5.74, 6) is 1.18. The van der Waals surface area contributed by atoms with Crippen LogP contribution in [0.5, 0.6) is 0 Å². The van der Waals surface area contributed by atoms with Crippen LogP contribution in [0, 0.1) is 12.8 Å². The summed E-state index contributed by atoms with van der Waals surface area (Å²) in [4.78, 5) is 27.9. The summed E-state index contributed by atoms with van der Waals surface area (Å²) in [6.45, 7) is 3.37. The van der Waals surface area contributed by atoms with Gasteiger partial charge in [0, 0.05) is 36.2 Å². The molecule has 2 fully saturated rings. The number of nitrogens with one attached hydrogen (secondary N) is 1. The number of amides is 2. The van der Waals surface area contributed by atoms with Gasteiger partial charge in [0.1, 0.15) is 0 Å². The van der Waals surface area contributed by atoms with Crippen molar-refractivity contribution in [3.05, 3.63) is 29.8 Å². The van der Waals surface area contributed by atoms with Crippen LogP contribution in [0.25, 0.3) is 0 Å². The van der Waals surface area contributed by atoms with Crippen LogP contribution in [-0.2, 0) is 9.59 Å². The molecule has 1 aliphatic carbocycles. The average Bonchev–Trinajstić information content (AvgIpc) is 3.15. The first-order valence-electron chi connectivity index (χ1n) is 9.40. The van der Waals surface area contributed by atoms with Crippen molar-refractivity contribution in [2.75, 3.05) is 18.8 Å². The number of rotatable bonds is 6. The number of benzene rings is 1. The molecule has 25 heavy (non-hydrogen) atoms. The van der Waals surface area contributed by atoms with E-state index >= 15 is 0 Å². The minimum Gasteiger partial charge on any atom is -0.355 e. The van der Waals surface area contributed by atoms with Gasteiger partial charge >= 0.3 is 0 Å². The lowest BCUT2D eigenvalue weighted by molar-refractivity contribution is -0.140. The van der Waals surface area contributed by atoms with Crippen LogP contribution in [0.3, 0.4) is 0 Å². The van der Waals surface area contributed by atoms with Crippen molar-refractivity contribution < 1.29 is 9.59 Å². The Morgan fingerprint density at radius 1 is 1.20 bits per heavy atom. The minimum atomic E-state index is -0.0392. The highest BCUT2D eigenvalue weighted by Gasteiger charge is 2.34. The molecule has 1 atom stereocenters. The second-order valence-corrected chi connectivity index (χ2v) is 8.34. The summed E-state index contributed by atoms with van der Waals surface area (Å²) in [6.07, 6.45) is 5.84. The molecule has 2 amide bonds. The summed E-state index contributed by atoms with van der Waals surface area (Å²) >= 11 is 1.76. The second-order valence-electron chi connectivity index (χ2n) is 7.17. The Balaban J connectivity index is 1.41. The molecule has 1 saturated heterocycles. The zero-order valence-electron chi connectivity index (χ0n) is 15.0. The maximum Gasteiger partial charge on any atom is 0.224 e. The largest absolute Gasteiger partial charge is 0.355 e. The first-order valence-corrected chi connectivity index (χ1v) is 10.4. The molecule has 0 radical (unpaired) electrons. The Hall–Kier alpha value is -1.49. The summed E-state index contributed by atoms with van der Waals surface area (Å²) in [5, 5.41) is 3.06. The van der Waals surface area contributed by atoms with Crippen molar-refractivity contribution >= 4 is 23.6 Å². The lowest BCUT2D eigenvalue weighted by Gasteiger charge is -2.36. The average molecular weight is 361 g/mol. The van der Waals surface area contributed by atoms with Crippen molar-refractivity contribution in [1.29, 1.82) is 0 Å². The van der Waals surface area contributed by atoms with E-state index in [1.807, 2.05) is 4.90 Å². The number of likely N-dealkylation sites (tertiary alicyclic amines) is 1. The van der Waals surface area contributed by atoms with Gasteiger partial charge < -0.3 is 10.2 Å². The summed E-state index contributed by atoms with van der Waals surface area (Å²) in [7, 11) is 0. The van der Waals surface area contributed by atoms with Gasteiger partial charge in [-0.05, 0) is 38.3 Å². The van der Waals surface area contributed by atoms with E-state index < -0.39 is 0 Å². The molecule has 136 valence electrons. The van der Waals surface area contributed by atoms with Gasteiger partial charge in [-0.15, -0.1) is 11.8 Å². The van der Waals surface area contributed by atoms with Gasteiger partial charge in [-0.25, -0.2) is 0 Å². The Labute approximate surface area is 154 Å². The van der Waals surface area contributed by atoms with Gasteiger partial charge in [-0.2, -0.15) is 0 Å². The van der Waals surface area contributed by atoms with Crippen LogP contribution in [0.1, 0.15) is 44.1 Å². The molecular weight excluding hydrogens is 332 g/mol. The molecule has 1 N–H and O–H groups in total. The molecule has 1 heterocycles. The van der Waals surface area contributed by atoms with E-state index in [4.69, 9.17) is 0 Å². The second kappa shape index (κ2) is 8.75. The third-order valence-electron chi connectivity index (χ3n) is 5.27. The highest BCUT2D eigenvalue weighted by atomic mass is 32.2. The lowest BCUT2D eigenvalue weighted by atomic mass is 9.95. The first-order chi connectivity index (χ1) is 12.1. The molecule has 1 saturated carbocycles. The topological polar surface area (TPSA) is 49.4 Å². The van der Waals surface area contributed by atoms with Crippen LogP contribution in [0.4, 0.5) is 0 Å². The van der Waals surface area contributed by atoms with Crippen molar-refractivity contribution in [3.63, 3.8) is 0 Å². The van der Waals surface area contributed by atoms with Gasteiger partial charge in [0.25, 0.3) is 0 Å². The maximum absolute atomic E-state index is 12.5. The molecule has 3 rings (SSSR count). The quantitative estimate of drug-likeness (QED) is 0.625. The molecular formula is C20H28N2O2S. The van der Waals surface area contributed by atoms with Gasteiger partial charge in [-0.1, -0.05) is 30.5 Å². The Bertz CT molecular complexity index is 596. The summed E-state index contributed by atoms with van der Waals surface area (Å²) < 4.78 is 0. The molecule has 2 aliphatic rings. The summed E-state index contributed by atoms with van der Waals surface area (Å²) in [6, 6.07) is 8.83. The lowest BCUT2D eigenvalue weighted by Crippen LogP contribution is -2.49.